The van der Waals surface area contributed by atoms with E-state index in [0.29, 0.717) is 52.8 Å². The van der Waals surface area contributed by atoms with Gasteiger partial charge in [-0.05, 0) is 153 Å². The zero-order valence-corrected chi connectivity index (χ0v) is 55.4. The Hall–Kier alpha value is -4.73. The van der Waals surface area contributed by atoms with Crippen molar-refractivity contribution in [2.75, 3.05) is 73.2 Å². The zero-order valence-electron chi connectivity index (χ0n) is 52.7. The summed E-state index contributed by atoms with van der Waals surface area (Å²) >= 11 is 0. The van der Waals surface area contributed by atoms with E-state index in [1.165, 1.54) is 38.5 Å². The fraction of sp³-hybridized carbons (Fsp3) is 0.639. The molecule has 0 aliphatic heterocycles. The van der Waals surface area contributed by atoms with E-state index in [-0.39, 0.29) is 44.2 Å². The van der Waals surface area contributed by atoms with Gasteiger partial charge in [0.2, 0.25) is 0 Å². The number of ether oxygens (including phenoxy) is 7. The minimum Gasteiger partial charge on any atom is -0.466 e. The molecule has 0 radical (unpaired) electrons. The normalized spacial score (nSPS) is 15.3. The molecule has 0 unspecified atom stereocenters. The standard InChI is InChI=1S/2C23H35O9P.C15H23O5P/c2*1-6-27-21(24)13-30-33(26,31-14-22(25)28-7-2)32-15-29-23-19(16(3)4)9-8-10-20(23)17(5)18-11-12-18;1-10(2)13-5-4-6-14(11(3)12-7-8-12)15(13)19-9-20-21(16,17)18/h2*8-10,16-18H,6-7,11-15H2,1-5H3;4-6,10-12H,7-9H2,1-3H3,(H2,16,17,18)/t2*17-;11-/m111/s1. The molecule has 2 N–H and O–H groups in total. The molecule has 3 saturated carbocycles. The van der Waals surface area contributed by atoms with Crippen LogP contribution in [0.1, 0.15) is 197 Å². The number of carbonyl (C=O) groups is 4. The highest BCUT2D eigenvalue weighted by molar-refractivity contribution is 7.48. The number of hydrogen-bond donors (Lipinski definition) is 2. The fourth-order valence-corrected chi connectivity index (χ4v) is 11.3. The Morgan fingerprint density at radius 3 is 0.828 bits per heavy atom. The van der Waals surface area contributed by atoms with E-state index in [9.17, 15) is 32.9 Å². The first-order valence-corrected chi connectivity index (χ1v) is 34.3. The van der Waals surface area contributed by atoms with Crippen LogP contribution in [0.25, 0.3) is 0 Å². The Balaban J connectivity index is 0.000000287. The molecule has 490 valence electrons. The van der Waals surface area contributed by atoms with Crippen molar-refractivity contribution in [2.24, 2.45) is 17.8 Å². The summed E-state index contributed by atoms with van der Waals surface area (Å²) in [5, 5.41) is 0. The first-order valence-electron chi connectivity index (χ1n) is 29.9. The Morgan fingerprint density at radius 2 is 0.621 bits per heavy atom. The highest BCUT2D eigenvalue weighted by atomic mass is 31.2. The SMILES string of the molecule is CC(C)c1cccc([C@H](C)C2CC2)c1OCOP(=O)(O)O.CCOC(=O)COP(=O)(OCOc1c(C(C)C)cccc1[C@H](C)C1CC1)OCC(=O)OCC.CCOC(=O)COP(=O)(OCOc1c(C(C)C)cccc1[C@H](C)C1CC1)OCC(=O)OCC. The molecular formula is C61H93O23P3. The molecule has 0 saturated heterocycles. The van der Waals surface area contributed by atoms with Gasteiger partial charge in [-0.3, -0.25) is 18.1 Å². The molecule has 0 spiro atoms. The summed E-state index contributed by atoms with van der Waals surface area (Å²) in [4.78, 5) is 64.0. The maximum atomic E-state index is 13.0. The average Bonchev–Trinajstić information content (AvgIpc) is 2.55. The molecular weight excluding hydrogens is 1190 g/mol. The number of phosphoric ester groups is 3. The van der Waals surface area contributed by atoms with Crippen LogP contribution >= 0.6 is 23.5 Å². The van der Waals surface area contributed by atoms with Gasteiger partial charge in [0.15, 0.2) is 46.8 Å². The quantitative estimate of drug-likeness (QED) is 0.0235. The van der Waals surface area contributed by atoms with Crippen molar-refractivity contribution in [3.8, 4) is 17.2 Å². The second kappa shape index (κ2) is 36.8. The van der Waals surface area contributed by atoms with Crippen LogP contribution < -0.4 is 14.2 Å². The summed E-state index contributed by atoms with van der Waals surface area (Å²) < 4.78 is 109. The van der Waals surface area contributed by atoms with Crippen LogP contribution in [0.15, 0.2) is 54.6 Å². The molecule has 0 heterocycles. The molecule has 0 aromatic heterocycles. The highest BCUT2D eigenvalue weighted by Crippen LogP contribution is 2.53. The summed E-state index contributed by atoms with van der Waals surface area (Å²) in [7, 11) is -13.2. The van der Waals surface area contributed by atoms with Gasteiger partial charge in [0, 0.05) is 0 Å². The van der Waals surface area contributed by atoms with Crippen LogP contribution in [-0.4, -0.2) is 107 Å². The van der Waals surface area contributed by atoms with Crippen LogP contribution in [0.5, 0.6) is 17.2 Å². The van der Waals surface area contributed by atoms with Gasteiger partial charge < -0.3 is 42.9 Å². The van der Waals surface area contributed by atoms with E-state index >= 15 is 0 Å². The molecule has 3 fully saturated rings. The summed E-state index contributed by atoms with van der Waals surface area (Å²) in [6.45, 7) is 21.9. The second-order valence-corrected chi connectivity index (χ2v) is 26.6. The number of hydrogen-bond acceptors (Lipinski definition) is 21. The largest absolute Gasteiger partial charge is 0.478 e. The first-order chi connectivity index (χ1) is 41.2. The van der Waals surface area contributed by atoms with Crippen LogP contribution in [0.2, 0.25) is 0 Å². The number of benzene rings is 3. The molecule has 3 aliphatic carbocycles. The molecule has 0 bridgehead atoms. The van der Waals surface area contributed by atoms with Crippen molar-refractivity contribution >= 4 is 47.3 Å². The Morgan fingerprint density at radius 1 is 0.391 bits per heavy atom. The van der Waals surface area contributed by atoms with E-state index in [2.05, 4.69) is 66.8 Å². The molecule has 3 aliphatic rings. The van der Waals surface area contributed by atoms with Crippen LogP contribution in [0, 0.1) is 17.8 Å². The third-order valence-corrected chi connectivity index (χ3v) is 17.5. The van der Waals surface area contributed by atoms with Crippen LogP contribution in [-0.2, 0) is 83.5 Å². The average molecular weight is 1290 g/mol. The van der Waals surface area contributed by atoms with E-state index in [0.717, 1.165) is 33.4 Å². The molecule has 3 aromatic carbocycles. The molecule has 87 heavy (non-hydrogen) atoms. The lowest BCUT2D eigenvalue weighted by Crippen LogP contribution is -2.17. The Labute approximate surface area is 513 Å². The first kappa shape index (κ1) is 74.7. The van der Waals surface area contributed by atoms with Crippen molar-refractivity contribution in [3.63, 3.8) is 0 Å². The summed E-state index contributed by atoms with van der Waals surface area (Å²) in [5.74, 6) is 2.65. The summed E-state index contributed by atoms with van der Waals surface area (Å²) in [6.07, 6.45) is 7.18. The van der Waals surface area contributed by atoms with Gasteiger partial charge in [-0.15, -0.1) is 0 Å². The maximum Gasteiger partial charge on any atom is 0.478 e. The van der Waals surface area contributed by atoms with Gasteiger partial charge in [-0.2, -0.15) is 0 Å². The number of phosphoric acid groups is 3. The van der Waals surface area contributed by atoms with Gasteiger partial charge >= 0.3 is 47.3 Å². The highest BCUT2D eigenvalue weighted by Gasteiger charge is 2.36. The minimum atomic E-state index is -4.51. The third-order valence-electron chi connectivity index (χ3n) is 14.4. The lowest BCUT2D eigenvalue weighted by Gasteiger charge is -2.23. The number of carbonyl (C=O) groups excluding carboxylic acids is 4. The lowest BCUT2D eigenvalue weighted by molar-refractivity contribution is -0.149. The van der Waals surface area contributed by atoms with Crippen molar-refractivity contribution in [1.29, 1.82) is 0 Å². The predicted octanol–water partition coefficient (Wildman–Crippen LogP) is 13.7. The zero-order chi connectivity index (χ0) is 64.5. The maximum absolute atomic E-state index is 13.0. The molecule has 26 heteroatoms. The second-order valence-electron chi connectivity index (χ2n) is 22.0. The van der Waals surface area contributed by atoms with Gasteiger partial charge in [-0.1, -0.05) is 117 Å². The van der Waals surface area contributed by atoms with E-state index in [4.69, 9.17) is 70.1 Å². The van der Waals surface area contributed by atoms with E-state index in [1.54, 1.807) is 27.7 Å². The van der Waals surface area contributed by atoms with E-state index < -0.39 is 94.2 Å². The van der Waals surface area contributed by atoms with Gasteiger partial charge in [0.05, 0.1) is 26.4 Å². The monoisotopic (exact) mass is 1290 g/mol. The molecule has 23 nitrogen and oxygen atoms in total. The fourth-order valence-electron chi connectivity index (χ4n) is 9.23. The van der Waals surface area contributed by atoms with Crippen LogP contribution in [0.4, 0.5) is 0 Å². The molecule has 3 aromatic rings. The Kier molecular flexibility index (Phi) is 31.6. The topological polar surface area (TPSA) is 289 Å². The van der Waals surface area contributed by atoms with Crippen LogP contribution in [0.3, 0.4) is 0 Å². The summed E-state index contributed by atoms with van der Waals surface area (Å²) in [6, 6.07) is 18.1. The van der Waals surface area contributed by atoms with Gasteiger partial charge in [0.25, 0.3) is 0 Å². The van der Waals surface area contributed by atoms with Gasteiger partial charge in [0.1, 0.15) is 17.2 Å². The van der Waals surface area contributed by atoms with Crippen molar-refractivity contribution in [1.82, 2.24) is 0 Å². The molecule has 6 rings (SSSR count). The lowest BCUT2D eigenvalue weighted by atomic mass is 9.90. The minimum absolute atomic E-state index is 0.133. The van der Waals surface area contributed by atoms with Crippen molar-refractivity contribution in [2.45, 2.75) is 164 Å². The number of para-hydroxylation sites is 3. The smallest absolute Gasteiger partial charge is 0.466 e. The molecule has 0 amide bonds. The van der Waals surface area contributed by atoms with E-state index in [1.807, 2.05) is 54.6 Å². The number of rotatable bonds is 37. The third kappa shape index (κ3) is 26.3. The van der Waals surface area contributed by atoms with Crippen molar-refractivity contribution < 1.29 is 107 Å². The molecule has 3 atom stereocenters. The van der Waals surface area contributed by atoms with Gasteiger partial charge in [-0.25, -0.2) is 46.4 Å². The Bertz CT molecular complexity index is 2600. The predicted molar refractivity (Wildman–Crippen MR) is 322 cm³/mol. The summed E-state index contributed by atoms with van der Waals surface area (Å²) in [5.41, 5.74) is 6.24. The van der Waals surface area contributed by atoms with Crippen molar-refractivity contribution in [3.05, 3.63) is 88.0 Å². The number of esters is 4.